The van der Waals surface area contributed by atoms with Crippen LogP contribution in [0.25, 0.3) is 5.78 Å². The van der Waals surface area contributed by atoms with Gasteiger partial charge < -0.3 is 9.84 Å². The number of nitrogens with one attached hydrogen (secondary N) is 1. The van der Waals surface area contributed by atoms with Crippen LogP contribution in [0.1, 0.15) is 5.76 Å². The highest BCUT2D eigenvalue weighted by Gasteiger charge is 2.06. The van der Waals surface area contributed by atoms with Gasteiger partial charge in [0.05, 0.1) is 12.7 Å². The molecule has 0 aliphatic heterocycles. The van der Waals surface area contributed by atoms with E-state index in [1.54, 1.807) is 22.8 Å². The molecule has 0 unspecified atom stereocenters. The topological polar surface area (TPSA) is 81.1 Å². The summed E-state index contributed by atoms with van der Waals surface area (Å²) < 4.78 is 6.53. The van der Waals surface area contributed by atoms with Crippen molar-refractivity contribution in [1.82, 2.24) is 24.7 Å². The van der Waals surface area contributed by atoms with Crippen LogP contribution >= 0.6 is 11.6 Å². The van der Waals surface area contributed by atoms with Gasteiger partial charge in [-0.1, -0.05) is 16.8 Å². The van der Waals surface area contributed by atoms with E-state index in [2.05, 4.69) is 25.5 Å². The molecular weight excluding hydrogens is 244 g/mol. The van der Waals surface area contributed by atoms with E-state index in [4.69, 9.17) is 16.1 Å². The summed E-state index contributed by atoms with van der Waals surface area (Å²) in [6, 6.07) is 3.44. The molecule has 0 spiro atoms. The van der Waals surface area contributed by atoms with Gasteiger partial charge in [0.25, 0.3) is 5.78 Å². The molecule has 0 bridgehead atoms. The smallest absolute Gasteiger partial charge is 0.255 e. The van der Waals surface area contributed by atoms with Crippen molar-refractivity contribution >= 4 is 23.2 Å². The van der Waals surface area contributed by atoms with Crippen LogP contribution in [0, 0.1) is 0 Å². The lowest BCUT2D eigenvalue weighted by atomic mass is 10.4. The molecule has 0 radical (unpaired) electrons. The van der Waals surface area contributed by atoms with E-state index < -0.39 is 0 Å². The number of hydrogen-bond donors (Lipinski definition) is 1. The van der Waals surface area contributed by atoms with Gasteiger partial charge in [0.2, 0.25) is 0 Å². The van der Waals surface area contributed by atoms with Crippen molar-refractivity contribution in [3.63, 3.8) is 0 Å². The molecule has 3 aromatic heterocycles. The van der Waals surface area contributed by atoms with Gasteiger partial charge in [-0.3, -0.25) is 0 Å². The minimum Gasteiger partial charge on any atom is -0.362 e. The van der Waals surface area contributed by atoms with Crippen molar-refractivity contribution in [2.45, 2.75) is 6.54 Å². The number of rotatable bonds is 3. The second-order valence-electron chi connectivity index (χ2n) is 3.27. The predicted octanol–water partition coefficient (Wildman–Crippen LogP) is 1.38. The van der Waals surface area contributed by atoms with Crippen molar-refractivity contribution in [3.8, 4) is 0 Å². The zero-order chi connectivity index (χ0) is 11.7. The van der Waals surface area contributed by atoms with Gasteiger partial charge in [-0.25, -0.2) is 0 Å². The average molecular weight is 251 g/mol. The van der Waals surface area contributed by atoms with Crippen LogP contribution < -0.4 is 5.32 Å². The van der Waals surface area contributed by atoms with Crippen LogP contribution in [0.5, 0.6) is 0 Å². The Labute approximate surface area is 100 Å². The van der Waals surface area contributed by atoms with Crippen LogP contribution in [0.2, 0.25) is 5.15 Å². The van der Waals surface area contributed by atoms with Gasteiger partial charge in [0, 0.05) is 12.1 Å². The fourth-order valence-electron chi connectivity index (χ4n) is 1.42. The molecule has 0 atom stereocenters. The lowest BCUT2D eigenvalue weighted by Gasteiger charge is -2.05. The summed E-state index contributed by atoms with van der Waals surface area (Å²) in [4.78, 5) is 7.99. The monoisotopic (exact) mass is 250 g/mol. The van der Waals surface area contributed by atoms with E-state index in [1.807, 2.05) is 0 Å². The average Bonchev–Trinajstić information content (AvgIpc) is 2.95. The first-order valence-corrected chi connectivity index (χ1v) is 5.20. The predicted molar refractivity (Wildman–Crippen MR) is 59.6 cm³/mol. The van der Waals surface area contributed by atoms with E-state index in [-0.39, 0.29) is 0 Å². The molecule has 0 aliphatic carbocycles. The Hall–Kier alpha value is -2.15. The second kappa shape index (κ2) is 4.02. The van der Waals surface area contributed by atoms with Crippen molar-refractivity contribution in [2.75, 3.05) is 5.32 Å². The van der Waals surface area contributed by atoms with Crippen molar-refractivity contribution in [3.05, 3.63) is 35.6 Å². The van der Waals surface area contributed by atoms with Crippen LogP contribution in [0.3, 0.4) is 0 Å². The second-order valence-corrected chi connectivity index (χ2v) is 3.66. The summed E-state index contributed by atoms with van der Waals surface area (Å²) in [5, 5.41) is 11.1. The van der Waals surface area contributed by atoms with Crippen LogP contribution in [0.4, 0.5) is 5.82 Å². The van der Waals surface area contributed by atoms with Gasteiger partial charge in [-0.05, 0) is 0 Å². The minimum absolute atomic E-state index is 0.352. The molecule has 7 nitrogen and oxygen atoms in total. The van der Waals surface area contributed by atoms with Gasteiger partial charge >= 0.3 is 0 Å². The Balaban J connectivity index is 1.91. The van der Waals surface area contributed by atoms with Crippen molar-refractivity contribution in [1.29, 1.82) is 0 Å². The van der Waals surface area contributed by atoms with Gasteiger partial charge in [0.15, 0.2) is 5.76 Å². The molecule has 1 N–H and O–H groups in total. The normalized spacial score (nSPS) is 10.9. The van der Waals surface area contributed by atoms with Crippen LogP contribution in [-0.2, 0) is 6.54 Å². The number of aromatic nitrogens is 5. The standard InChI is InChI=1S/C9H7ClN6O/c10-7-3-8(11-4-6-1-2-14-17-6)16-9(15-7)12-5-13-16/h1-3,5,11H,4H2. The molecule has 8 heteroatoms. The van der Waals surface area contributed by atoms with E-state index in [1.165, 1.54) is 6.33 Å². The molecular formula is C9H7ClN6O. The van der Waals surface area contributed by atoms with E-state index in [0.717, 1.165) is 0 Å². The highest BCUT2D eigenvalue weighted by molar-refractivity contribution is 6.29. The van der Waals surface area contributed by atoms with E-state index in [0.29, 0.717) is 29.1 Å². The quantitative estimate of drug-likeness (QED) is 0.707. The van der Waals surface area contributed by atoms with E-state index in [9.17, 15) is 0 Å². The van der Waals surface area contributed by atoms with Gasteiger partial charge in [-0.15, -0.1) is 0 Å². The summed E-state index contributed by atoms with van der Waals surface area (Å²) in [5.74, 6) is 1.85. The Kier molecular flexibility index (Phi) is 2.37. The third kappa shape index (κ3) is 1.92. The first-order valence-electron chi connectivity index (χ1n) is 4.82. The SMILES string of the molecule is Clc1cc(NCc2ccno2)n2ncnc2n1. The molecule has 0 aromatic carbocycles. The summed E-state index contributed by atoms with van der Waals surface area (Å²) in [7, 11) is 0. The molecule has 0 fully saturated rings. The zero-order valence-corrected chi connectivity index (χ0v) is 9.29. The lowest BCUT2D eigenvalue weighted by molar-refractivity contribution is 0.388. The third-order valence-electron chi connectivity index (χ3n) is 2.16. The number of nitrogens with zero attached hydrogens (tertiary/aromatic N) is 5. The zero-order valence-electron chi connectivity index (χ0n) is 8.54. The Morgan fingerprint density at radius 2 is 2.41 bits per heavy atom. The van der Waals surface area contributed by atoms with Gasteiger partial charge in [-0.2, -0.15) is 19.6 Å². The van der Waals surface area contributed by atoms with Gasteiger partial charge in [0.1, 0.15) is 17.3 Å². The minimum atomic E-state index is 0.352. The van der Waals surface area contributed by atoms with Crippen LogP contribution in [-0.4, -0.2) is 24.7 Å². The van der Waals surface area contributed by atoms with Crippen molar-refractivity contribution < 1.29 is 4.52 Å². The van der Waals surface area contributed by atoms with Crippen LogP contribution in [0.15, 0.2) is 29.2 Å². The first-order chi connectivity index (χ1) is 8.33. The molecule has 0 saturated carbocycles. The Morgan fingerprint density at radius 3 is 3.24 bits per heavy atom. The first kappa shape index (κ1) is 10.0. The maximum atomic E-state index is 5.87. The van der Waals surface area contributed by atoms with Crippen molar-refractivity contribution in [2.24, 2.45) is 0 Å². The molecule has 3 aromatic rings. The maximum absolute atomic E-state index is 5.87. The summed E-state index contributed by atoms with van der Waals surface area (Å²) >= 11 is 5.87. The number of anilines is 1. The summed E-state index contributed by atoms with van der Waals surface area (Å²) in [6.45, 7) is 0.481. The molecule has 3 heterocycles. The highest BCUT2D eigenvalue weighted by atomic mass is 35.5. The third-order valence-corrected chi connectivity index (χ3v) is 2.35. The summed E-state index contributed by atoms with van der Waals surface area (Å²) in [6.07, 6.45) is 3.00. The number of fused-ring (bicyclic) bond motifs is 1. The fraction of sp³-hybridized carbons (Fsp3) is 0.111. The highest BCUT2D eigenvalue weighted by Crippen LogP contribution is 2.15. The molecule has 86 valence electrons. The Morgan fingerprint density at radius 1 is 1.47 bits per heavy atom. The molecule has 0 amide bonds. The lowest BCUT2D eigenvalue weighted by Crippen LogP contribution is -2.05. The maximum Gasteiger partial charge on any atom is 0.255 e. The molecule has 0 aliphatic rings. The Bertz CT molecular complexity index is 634. The number of halogens is 1. The number of hydrogen-bond acceptors (Lipinski definition) is 6. The molecule has 3 rings (SSSR count). The molecule has 0 saturated heterocycles. The molecule has 17 heavy (non-hydrogen) atoms. The summed E-state index contributed by atoms with van der Waals surface area (Å²) in [5.41, 5.74) is 0. The van der Waals surface area contributed by atoms with E-state index >= 15 is 0 Å². The largest absolute Gasteiger partial charge is 0.362 e. The fourth-order valence-corrected chi connectivity index (χ4v) is 1.60.